The molecule has 0 fully saturated rings. The fraction of sp³-hybridized carbons (Fsp3) is 0.400. The Morgan fingerprint density at radius 1 is 1.18 bits per heavy atom. The molecule has 0 radical (unpaired) electrons. The smallest absolute Gasteiger partial charge is 0.0181 e. The SMILES string of the molecule is C\C1=C/C=C\C=C(/C)NCC1. The van der Waals surface area contributed by atoms with Crippen molar-refractivity contribution >= 4 is 0 Å². The quantitative estimate of drug-likeness (QED) is 0.557. The minimum atomic E-state index is 1.05. The summed E-state index contributed by atoms with van der Waals surface area (Å²) in [5.41, 5.74) is 2.67. The number of allylic oxidation sites excluding steroid dienone is 5. The zero-order valence-electron chi connectivity index (χ0n) is 7.22. The lowest BCUT2D eigenvalue weighted by Gasteiger charge is -2.04. The number of hydrogen-bond donors (Lipinski definition) is 1. The highest BCUT2D eigenvalue weighted by Gasteiger charge is 1.91. The second-order valence-electron chi connectivity index (χ2n) is 2.92. The van der Waals surface area contributed by atoms with Gasteiger partial charge in [0.2, 0.25) is 0 Å². The van der Waals surface area contributed by atoms with Crippen LogP contribution in [0.15, 0.2) is 35.6 Å². The van der Waals surface area contributed by atoms with E-state index in [-0.39, 0.29) is 0 Å². The molecule has 1 heteroatoms. The van der Waals surface area contributed by atoms with Gasteiger partial charge in [-0.1, -0.05) is 23.8 Å². The van der Waals surface area contributed by atoms with Crippen LogP contribution in [-0.2, 0) is 0 Å². The van der Waals surface area contributed by atoms with E-state index in [1.807, 2.05) is 0 Å². The Morgan fingerprint density at radius 3 is 2.73 bits per heavy atom. The zero-order chi connectivity index (χ0) is 8.10. The molecule has 0 bridgehead atoms. The van der Waals surface area contributed by atoms with Gasteiger partial charge in [0.05, 0.1) is 0 Å². The molecule has 0 atom stereocenters. The summed E-state index contributed by atoms with van der Waals surface area (Å²) in [5, 5.41) is 3.32. The molecular weight excluding hydrogens is 134 g/mol. The van der Waals surface area contributed by atoms with Crippen LogP contribution in [0.2, 0.25) is 0 Å². The average molecular weight is 149 g/mol. The Labute approximate surface area is 68.5 Å². The maximum Gasteiger partial charge on any atom is 0.0181 e. The lowest BCUT2D eigenvalue weighted by atomic mass is 10.2. The standard InChI is InChI=1S/C10H15N/c1-9-5-3-4-6-10(2)11-8-7-9/h3-6,11H,7-8H2,1-2H3/b4-3-,9-5+,10-6+. The third-order valence-corrected chi connectivity index (χ3v) is 1.76. The minimum absolute atomic E-state index is 1.05. The molecule has 0 saturated heterocycles. The first kappa shape index (κ1) is 8.12. The monoisotopic (exact) mass is 149 g/mol. The van der Waals surface area contributed by atoms with E-state index in [0.29, 0.717) is 0 Å². The van der Waals surface area contributed by atoms with Gasteiger partial charge in [-0.2, -0.15) is 0 Å². The van der Waals surface area contributed by atoms with Gasteiger partial charge in [-0.05, 0) is 26.3 Å². The molecule has 11 heavy (non-hydrogen) atoms. The third-order valence-electron chi connectivity index (χ3n) is 1.76. The first-order valence-electron chi connectivity index (χ1n) is 4.03. The van der Waals surface area contributed by atoms with E-state index < -0.39 is 0 Å². The van der Waals surface area contributed by atoms with Crippen molar-refractivity contribution in [1.82, 2.24) is 5.32 Å². The lowest BCUT2D eigenvalue weighted by molar-refractivity contribution is 0.783. The molecule has 0 aromatic rings. The fourth-order valence-corrected chi connectivity index (χ4v) is 1.02. The van der Waals surface area contributed by atoms with Gasteiger partial charge in [-0.15, -0.1) is 0 Å². The topological polar surface area (TPSA) is 12.0 Å². The van der Waals surface area contributed by atoms with E-state index in [4.69, 9.17) is 0 Å². The van der Waals surface area contributed by atoms with E-state index in [1.165, 1.54) is 11.3 Å². The molecule has 1 aliphatic heterocycles. The summed E-state index contributed by atoms with van der Waals surface area (Å²) in [7, 11) is 0. The zero-order valence-corrected chi connectivity index (χ0v) is 7.22. The van der Waals surface area contributed by atoms with Gasteiger partial charge < -0.3 is 5.32 Å². The molecule has 0 unspecified atom stereocenters. The van der Waals surface area contributed by atoms with Crippen molar-refractivity contribution < 1.29 is 0 Å². The van der Waals surface area contributed by atoms with Crippen molar-refractivity contribution in [2.75, 3.05) is 6.54 Å². The van der Waals surface area contributed by atoms with Crippen LogP contribution in [0, 0.1) is 0 Å². The summed E-state index contributed by atoms with van der Waals surface area (Å²) in [4.78, 5) is 0. The molecule has 1 nitrogen and oxygen atoms in total. The van der Waals surface area contributed by atoms with Crippen LogP contribution in [0.25, 0.3) is 0 Å². The largest absolute Gasteiger partial charge is 0.388 e. The normalized spacial score (nSPS) is 31.1. The van der Waals surface area contributed by atoms with Crippen molar-refractivity contribution in [3.8, 4) is 0 Å². The first-order chi connectivity index (χ1) is 5.29. The molecule has 0 saturated carbocycles. The molecule has 1 aliphatic rings. The predicted molar refractivity (Wildman–Crippen MR) is 49.3 cm³/mol. The third kappa shape index (κ3) is 3.08. The molecule has 0 aromatic carbocycles. The second-order valence-corrected chi connectivity index (χ2v) is 2.92. The Balaban J connectivity index is 2.65. The number of rotatable bonds is 0. The molecule has 1 rings (SSSR count). The summed E-state index contributed by atoms with van der Waals surface area (Å²) in [6.07, 6.45) is 9.55. The van der Waals surface area contributed by atoms with Crippen molar-refractivity contribution in [2.45, 2.75) is 20.3 Å². The Morgan fingerprint density at radius 2 is 1.91 bits per heavy atom. The van der Waals surface area contributed by atoms with Crippen LogP contribution in [0.1, 0.15) is 20.3 Å². The van der Waals surface area contributed by atoms with Crippen LogP contribution in [0.5, 0.6) is 0 Å². The van der Waals surface area contributed by atoms with Crippen molar-refractivity contribution in [3.05, 3.63) is 35.6 Å². The molecule has 0 aromatic heterocycles. The number of hydrogen-bond acceptors (Lipinski definition) is 1. The molecule has 60 valence electrons. The van der Waals surface area contributed by atoms with Gasteiger partial charge in [0.25, 0.3) is 0 Å². The van der Waals surface area contributed by atoms with E-state index in [2.05, 4.69) is 43.5 Å². The van der Waals surface area contributed by atoms with E-state index in [0.717, 1.165) is 13.0 Å². The van der Waals surface area contributed by atoms with Crippen LogP contribution in [0.4, 0.5) is 0 Å². The lowest BCUT2D eigenvalue weighted by Crippen LogP contribution is -2.12. The van der Waals surface area contributed by atoms with Gasteiger partial charge in [-0.25, -0.2) is 0 Å². The average Bonchev–Trinajstić information content (AvgIpc) is 2.04. The predicted octanol–water partition coefficient (Wildman–Crippen LogP) is 2.39. The summed E-state index contributed by atoms with van der Waals surface area (Å²) in [5.74, 6) is 0. The second kappa shape index (κ2) is 4.02. The van der Waals surface area contributed by atoms with E-state index in [1.54, 1.807) is 0 Å². The Bertz CT molecular complexity index is 187. The van der Waals surface area contributed by atoms with Gasteiger partial charge in [0.1, 0.15) is 0 Å². The molecule has 0 aliphatic carbocycles. The molecule has 1 heterocycles. The molecule has 0 spiro atoms. The van der Waals surface area contributed by atoms with E-state index >= 15 is 0 Å². The van der Waals surface area contributed by atoms with Crippen molar-refractivity contribution in [2.24, 2.45) is 0 Å². The highest BCUT2D eigenvalue weighted by atomic mass is 14.9. The van der Waals surface area contributed by atoms with Gasteiger partial charge in [0.15, 0.2) is 0 Å². The van der Waals surface area contributed by atoms with Crippen LogP contribution in [0.3, 0.4) is 0 Å². The maximum atomic E-state index is 3.32. The van der Waals surface area contributed by atoms with Gasteiger partial charge >= 0.3 is 0 Å². The van der Waals surface area contributed by atoms with Crippen LogP contribution in [-0.4, -0.2) is 6.54 Å². The summed E-state index contributed by atoms with van der Waals surface area (Å²) >= 11 is 0. The number of nitrogens with one attached hydrogen (secondary N) is 1. The van der Waals surface area contributed by atoms with Crippen LogP contribution >= 0.6 is 0 Å². The first-order valence-corrected chi connectivity index (χ1v) is 4.03. The maximum absolute atomic E-state index is 3.32. The van der Waals surface area contributed by atoms with E-state index in [9.17, 15) is 0 Å². The molecular formula is C10H15N. The Hall–Kier alpha value is -0.980. The molecule has 0 amide bonds. The molecule has 1 N–H and O–H groups in total. The summed E-state index contributed by atoms with van der Waals surface area (Å²) < 4.78 is 0. The van der Waals surface area contributed by atoms with Crippen molar-refractivity contribution in [3.63, 3.8) is 0 Å². The van der Waals surface area contributed by atoms with Crippen molar-refractivity contribution in [1.29, 1.82) is 0 Å². The van der Waals surface area contributed by atoms with Gasteiger partial charge in [-0.3, -0.25) is 0 Å². The Kier molecular flexibility index (Phi) is 2.96. The summed E-state index contributed by atoms with van der Waals surface area (Å²) in [6.45, 7) is 5.30. The minimum Gasteiger partial charge on any atom is -0.388 e. The highest BCUT2D eigenvalue weighted by Crippen LogP contribution is 2.01. The highest BCUT2D eigenvalue weighted by molar-refractivity contribution is 5.19. The van der Waals surface area contributed by atoms with Crippen LogP contribution < -0.4 is 5.32 Å². The summed E-state index contributed by atoms with van der Waals surface area (Å²) in [6, 6.07) is 0. The van der Waals surface area contributed by atoms with Gasteiger partial charge in [0, 0.05) is 12.2 Å². The fourth-order valence-electron chi connectivity index (χ4n) is 1.02.